The predicted octanol–water partition coefficient (Wildman–Crippen LogP) is 3.02. The first kappa shape index (κ1) is 13.3. The number of aromatic nitrogens is 2. The van der Waals surface area contributed by atoms with E-state index in [9.17, 15) is 0 Å². The highest BCUT2D eigenvalue weighted by molar-refractivity contribution is 5.43. The molecule has 4 heteroatoms. The highest BCUT2D eigenvalue weighted by Crippen LogP contribution is 2.21. The largest absolute Gasteiger partial charge is 0.363 e. The lowest BCUT2D eigenvalue weighted by Gasteiger charge is -2.18. The summed E-state index contributed by atoms with van der Waals surface area (Å²) < 4.78 is 0. The third kappa shape index (κ3) is 3.22. The van der Waals surface area contributed by atoms with Crippen molar-refractivity contribution in [3.63, 3.8) is 0 Å². The van der Waals surface area contributed by atoms with Crippen molar-refractivity contribution in [2.75, 3.05) is 24.3 Å². The van der Waals surface area contributed by atoms with Crippen LogP contribution in [0.1, 0.15) is 24.1 Å². The van der Waals surface area contributed by atoms with Crippen LogP contribution in [-0.4, -0.2) is 24.1 Å². The molecule has 1 atom stereocenters. The van der Waals surface area contributed by atoms with E-state index in [1.54, 1.807) is 6.20 Å². The van der Waals surface area contributed by atoms with Gasteiger partial charge in [-0.3, -0.25) is 0 Å². The van der Waals surface area contributed by atoms with Gasteiger partial charge in [-0.2, -0.15) is 4.98 Å². The number of anilines is 2. The molecule has 0 aliphatic carbocycles. The lowest BCUT2D eigenvalue weighted by atomic mass is 10.0. The Labute approximate surface area is 114 Å². The summed E-state index contributed by atoms with van der Waals surface area (Å²) in [6.45, 7) is 4.26. The van der Waals surface area contributed by atoms with E-state index in [0.717, 1.165) is 5.82 Å². The Morgan fingerprint density at radius 3 is 2.58 bits per heavy atom. The summed E-state index contributed by atoms with van der Waals surface area (Å²) in [5.74, 6) is 1.55. The summed E-state index contributed by atoms with van der Waals surface area (Å²) in [4.78, 5) is 10.6. The van der Waals surface area contributed by atoms with Crippen molar-refractivity contribution in [3.8, 4) is 0 Å². The second-order valence-electron chi connectivity index (χ2n) is 4.86. The van der Waals surface area contributed by atoms with Crippen molar-refractivity contribution >= 4 is 11.8 Å². The maximum atomic E-state index is 4.47. The van der Waals surface area contributed by atoms with E-state index in [0.29, 0.717) is 5.95 Å². The van der Waals surface area contributed by atoms with Crippen molar-refractivity contribution < 1.29 is 0 Å². The molecular formula is C15H20N4. The van der Waals surface area contributed by atoms with Gasteiger partial charge in [0, 0.05) is 20.3 Å². The maximum absolute atomic E-state index is 4.47. The zero-order chi connectivity index (χ0) is 13.8. The average Bonchev–Trinajstić information content (AvgIpc) is 2.39. The number of aryl methyl sites for hydroxylation is 1. The molecule has 0 amide bonds. The van der Waals surface area contributed by atoms with E-state index in [2.05, 4.69) is 53.4 Å². The van der Waals surface area contributed by atoms with Gasteiger partial charge in [-0.25, -0.2) is 4.98 Å². The van der Waals surface area contributed by atoms with Crippen LogP contribution in [0, 0.1) is 6.92 Å². The number of nitrogens with one attached hydrogen (secondary N) is 1. The SMILES string of the molecule is Cc1ccccc1C(C)Nc1ccnc(N(C)C)n1. The molecule has 0 saturated heterocycles. The summed E-state index contributed by atoms with van der Waals surface area (Å²) in [6, 6.07) is 10.5. The average molecular weight is 256 g/mol. The Hall–Kier alpha value is -2.10. The standard InChI is InChI=1S/C15H20N4/c1-11-7-5-6-8-13(11)12(2)17-14-9-10-16-15(18-14)19(3)4/h5-10,12H,1-4H3,(H,16,17,18). The van der Waals surface area contributed by atoms with Crippen LogP contribution in [0.5, 0.6) is 0 Å². The quantitative estimate of drug-likeness (QED) is 0.913. The Morgan fingerprint density at radius 2 is 1.89 bits per heavy atom. The molecule has 100 valence electrons. The molecule has 0 aliphatic rings. The fourth-order valence-corrected chi connectivity index (χ4v) is 2.02. The lowest BCUT2D eigenvalue weighted by molar-refractivity contribution is 0.859. The molecule has 0 saturated carbocycles. The van der Waals surface area contributed by atoms with Crippen LogP contribution in [0.25, 0.3) is 0 Å². The maximum Gasteiger partial charge on any atom is 0.226 e. The summed E-state index contributed by atoms with van der Waals surface area (Å²) in [6.07, 6.45) is 1.77. The summed E-state index contributed by atoms with van der Waals surface area (Å²) >= 11 is 0. The second kappa shape index (κ2) is 5.69. The molecule has 0 fully saturated rings. The fourth-order valence-electron chi connectivity index (χ4n) is 2.02. The smallest absolute Gasteiger partial charge is 0.226 e. The van der Waals surface area contributed by atoms with E-state index in [1.165, 1.54) is 11.1 Å². The number of benzene rings is 1. The topological polar surface area (TPSA) is 41.1 Å². The van der Waals surface area contributed by atoms with Gasteiger partial charge < -0.3 is 10.2 Å². The molecule has 1 aromatic heterocycles. The van der Waals surface area contributed by atoms with E-state index < -0.39 is 0 Å². The zero-order valence-electron chi connectivity index (χ0n) is 11.9. The van der Waals surface area contributed by atoms with Crippen molar-refractivity contribution in [3.05, 3.63) is 47.7 Å². The number of hydrogen-bond donors (Lipinski definition) is 1. The van der Waals surface area contributed by atoms with Crippen LogP contribution in [-0.2, 0) is 0 Å². The highest BCUT2D eigenvalue weighted by atomic mass is 15.2. The van der Waals surface area contributed by atoms with Gasteiger partial charge in [0.15, 0.2) is 0 Å². The number of hydrogen-bond acceptors (Lipinski definition) is 4. The van der Waals surface area contributed by atoms with E-state index in [1.807, 2.05) is 25.1 Å². The second-order valence-corrected chi connectivity index (χ2v) is 4.86. The Morgan fingerprint density at radius 1 is 1.16 bits per heavy atom. The van der Waals surface area contributed by atoms with E-state index in [-0.39, 0.29) is 6.04 Å². The van der Waals surface area contributed by atoms with Crippen molar-refractivity contribution in [2.24, 2.45) is 0 Å². The molecule has 0 bridgehead atoms. The van der Waals surface area contributed by atoms with Gasteiger partial charge >= 0.3 is 0 Å². The van der Waals surface area contributed by atoms with Crippen LogP contribution in [0.4, 0.5) is 11.8 Å². The van der Waals surface area contributed by atoms with Gasteiger partial charge in [0.25, 0.3) is 0 Å². The Kier molecular flexibility index (Phi) is 4.00. The van der Waals surface area contributed by atoms with Crippen LogP contribution in [0.3, 0.4) is 0 Å². The molecule has 1 unspecified atom stereocenters. The first-order valence-corrected chi connectivity index (χ1v) is 6.40. The van der Waals surface area contributed by atoms with Crippen molar-refractivity contribution in [1.82, 2.24) is 9.97 Å². The Bertz CT molecular complexity index is 551. The number of nitrogens with zero attached hydrogens (tertiary/aromatic N) is 3. The molecule has 1 N–H and O–H groups in total. The third-order valence-corrected chi connectivity index (χ3v) is 3.06. The molecule has 19 heavy (non-hydrogen) atoms. The van der Waals surface area contributed by atoms with E-state index in [4.69, 9.17) is 0 Å². The molecule has 0 aliphatic heterocycles. The molecule has 0 spiro atoms. The molecule has 2 rings (SSSR count). The zero-order valence-corrected chi connectivity index (χ0v) is 11.9. The highest BCUT2D eigenvalue weighted by Gasteiger charge is 2.09. The van der Waals surface area contributed by atoms with Gasteiger partial charge in [0.1, 0.15) is 5.82 Å². The molecule has 1 aromatic carbocycles. The molecular weight excluding hydrogens is 236 g/mol. The van der Waals surface area contributed by atoms with Crippen LogP contribution in [0.15, 0.2) is 36.5 Å². The first-order chi connectivity index (χ1) is 9.08. The minimum absolute atomic E-state index is 0.214. The summed E-state index contributed by atoms with van der Waals surface area (Å²) in [5.41, 5.74) is 2.57. The van der Waals surface area contributed by atoms with Crippen molar-refractivity contribution in [2.45, 2.75) is 19.9 Å². The normalized spacial score (nSPS) is 12.0. The minimum atomic E-state index is 0.214. The van der Waals surface area contributed by atoms with Gasteiger partial charge in [-0.15, -0.1) is 0 Å². The Balaban J connectivity index is 2.17. The van der Waals surface area contributed by atoms with Crippen LogP contribution in [0.2, 0.25) is 0 Å². The van der Waals surface area contributed by atoms with Crippen molar-refractivity contribution in [1.29, 1.82) is 0 Å². The first-order valence-electron chi connectivity index (χ1n) is 6.40. The predicted molar refractivity (Wildman–Crippen MR) is 79.6 cm³/mol. The van der Waals surface area contributed by atoms with Gasteiger partial charge in [-0.1, -0.05) is 24.3 Å². The fraction of sp³-hybridized carbons (Fsp3) is 0.333. The van der Waals surface area contributed by atoms with Crippen LogP contribution < -0.4 is 10.2 Å². The summed E-state index contributed by atoms with van der Waals surface area (Å²) in [5, 5.41) is 3.42. The monoisotopic (exact) mass is 256 g/mol. The van der Waals surface area contributed by atoms with E-state index >= 15 is 0 Å². The molecule has 0 radical (unpaired) electrons. The molecule has 2 aromatic rings. The molecule has 1 heterocycles. The molecule has 4 nitrogen and oxygen atoms in total. The van der Waals surface area contributed by atoms with Gasteiger partial charge in [0.05, 0.1) is 6.04 Å². The van der Waals surface area contributed by atoms with Crippen LogP contribution >= 0.6 is 0 Å². The lowest BCUT2D eigenvalue weighted by Crippen LogP contribution is -2.15. The minimum Gasteiger partial charge on any atom is -0.363 e. The summed E-state index contributed by atoms with van der Waals surface area (Å²) in [7, 11) is 3.87. The van der Waals surface area contributed by atoms with Gasteiger partial charge in [-0.05, 0) is 31.0 Å². The third-order valence-electron chi connectivity index (χ3n) is 3.06. The number of rotatable bonds is 4. The van der Waals surface area contributed by atoms with Gasteiger partial charge in [0.2, 0.25) is 5.95 Å².